The van der Waals surface area contributed by atoms with Crippen LogP contribution in [0.3, 0.4) is 0 Å². The first-order valence-electron chi connectivity index (χ1n) is 7.34. The first-order valence-corrected chi connectivity index (χ1v) is 8.22. The van der Waals surface area contributed by atoms with Crippen molar-refractivity contribution in [1.29, 1.82) is 0 Å². The Kier molecular flexibility index (Phi) is 4.98. The Labute approximate surface area is 121 Å². The molecule has 1 unspecified atom stereocenters. The van der Waals surface area contributed by atoms with Gasteiger partial charge in [-0.1, -0.05) is 27.2 Å². The molecular weight excluding hydrogens is 254 g/mol. The molecular formula is C15H27N3S. The van der Waals surface area contributed by atoms with Gasteiger partial charge in [0.05, 0.1) is 12.2 Å². The van der Waals surface area contributed by atoms with E-state index in [1.54, 1.807) is 0 Å². The van der Waals surface area contributed by atoms with E-state index >= 15 is 0 Å². The van der Waals surface area contributed by atoms with Gasteiger partial charge < -0.3 is 5.32 Å². The first-order chi connectivity index (χ1) is 9.00. The summed E-state index contributed by atoms with van der Waals surface area (Å²) in [7, 11) is 2.05. The lowest BCUT2D eigenvalue weighted by atomic mass is 9.93. The number of piperidine rings is 1. The van der Waals surface area contributed by atoms with Gasteiger partial charge in [0, 0.05) is 23.4 Å². The summed E-state index contributed by atoms with van der Waals surface area (Å²) in [5, 5.41) is 6.82. The van der Waals surface area contributed by atoms with Crippen molar-refractivity contribution in [3.8, 4) is 0 Å². The number of likely N-dealkylation sites (tertiary alicyclic amines) is 1. The highest BCUT2D eigenvalue weighted by Crippen LogP contribution is 2.26. The van der Waals surface area contributed by atoms with E-state index in [1.165, 1.54) is 36.5 Å². The molecule has 108 valence electrons. The third kappa shape index (κ3) is 4.01. The minimum atomic E-state index is 0.168. The summed E-state index contributed by atoms with van der Waals surface area (Å²) in [4.78, 5) is 7.43. The number of hydrogen-bond acceptors (Lipinski definition) is 4. The Bertz CT molecular complexity index is 392. The van der Waals surface area contributed by atoms with Gasteiger partial charge in [-0.3, -0.25) is 4.90 Å². The second kappa shape index (κ2) is 6.33. The van der Waals surface area contributed by atoms with Crippen molar-refractivity contribution in [2.75, 3.05) is 20.1 Å². The van der Waals surface area contributed by atoms with Crippen LogP contribution in [0.1, 0.15) is 50.7 Å². The molecule has 3 nitrogen and oxygen atoms in total. The third-order valence-electron chi connectivity index (χ3n) is 3.85. The van der Waals surface area contributed by atoms with Crippen LogP contribution in [0.2, 0.25) is 0 Å². The van der Waals surface area contributed by atoms with Gasteiger partial charge in [-0.25, -0.2) is 4.98 Å². The summed E-state index contributed by atoms with van der Waals surface area (Å²) >= 11 is 1.82. The van der Waals surface area contributed by atoms with Crippen molar-refractivity contribution in [3.63, 3.8) is 0 Å². The molecule has 19 heavy (non-hydrogen) atoms. The van der Waals surface area contributed by atoms with Gasteiger partial charge >= 0.3 is 0 Å². The predicted molar refractivity (Wildman–Crippen MR) is 82.8 cm³/mol. The molecule has 2 heterocycles. The number of nitrogens with zero attached hydrogens (tertiary/aromatic N) is 2. The molecule has 0 aromatic carbocycles. The molecule has 1 aliphatic heterocycles. The van der Waals surface area contributed by atoms with E-state index in [9.17, 15) is 0 Å². The maximum absolute atomic E-state index is 4.83. The molecule has 1 N–H and O–H groups in total. The third-order valence-corrected chi connectivity index (χ3v) is 4.68. The van der Waals surface area contributed by atoms with Crippen molar-refractivity contribution < 1.29 is 0 Å². The van der Waals surface area contributed by atoms with Gasteiger partial charge in [0.25, 0.3) is 0 Å². The normalized spacial score (nSPS) is 21.8. The van der Waals surface area contributed by atoms with Crippen LogP contribution in [-0.2, 0) is 12.0 Å². The Hall–Kier alpha value is -0.450. The van der Waals surface area contributed by atoms with Gasteiger partial charge in [0.2, 0.25) is 0 Å². The van der Waals surface area contributed by atoms with E-state index in [-0.39, 0.29) is 5.41 Å². The fourth-order valence-electron chi connectivity index (χ4n) is 2.64. The first kappa shape index (κ1) is 14.9. The van der Waals surface area contributed by atoms with Crippen molar-refractivity contribution in [3.05, 3.63) is 16.1 Å². The molecule has 1 aliphatic rings. The Morgan fingerprint density at radius 1 is 1.42 bits per heavy atom. The zero-order valence-electron chi connectivity index (χ0n) is 12.7. The molecule has 0 bridgehead atoms. The second-order valence-electron chi connectivity index (χ2n) is 6.55. The average Bonchev–Trinajstić information content (AvgIpc) is 2.80. The quantitative estimate of drug-likeness (QED) is 0.919. The lowest BCUT2D eigenvalue weighted by Gasteiger charge is -2.35. The number of likely N-dealkylation sites (N-methyl/N-ethyl adjacent to an activating group) is 1. The lowest BCUT2D eigenvalue weighted by molar-refractivity contribution is 0.139. The average molecular weight is 281 g/mol. The SMILES string of the molecule is CNCC1CCCCN1Cc1nc(C(C)(C)C)cs1. The summed E-state index contributed by atoms with van der Waals surface area (Å²) in [5.41, 5.74) is 1.40. The fourth-order valence-corrected chi connectivity index (χ4v) is 3.68. The van der Waals surface area contributed by atoms with Crippen molar-refractivity contribution in [2.45, 2.75) is 58.0 Å². The van der Waals surface area contributed by atoms with Crippen LogP contribution in [0.25, 0.3) is 0 Å². The van der Waals surface area contributed by atoms with Gasteiger partial charge in [0.15, 0.2) is 0 Å². The minimum absolute atomic E-state index is 0.168. The van der Waals surface area contributed by atoms with Gasteiger partial charge in [0.1, 0.15) is 5.01 Å². The fraction of sp³-hybridized carbons (Fsp3) is 0.800. The van der Waals surface area contributed by atoms with Gasteiger partial charge in [-0.2, -0.15) is 0 Å². The summed E-state index contributed by atoms with van der Waals surface area (Å²) in [6.45, 7) is 10.0. The Morgan fingerprint density at radius 2 is 2.21 bits per heavy atom. The number of hydrogen-bond donors (Lipinski definition) is 1. The maximum atomic E-state index is 4.83. The van der Waals surface area contributed by atoms with Crippen LogP contribution in [0.4, 0.5) is 0 Å². The van der Waals surface area contributed by atoms with Gasteiger partial charge in [-0.05, 0) is 26.4 Å². The number of aromatic nitrogens is 1. The molecule has 1 aromatic rings. The Balaban J connectivity index is 2.00. The number of thiazole rings is 1. The zero-order chi connectivity index (χ0) is 13.9. The molecule has 1 atom stereocenters. The summed E-state index contributed by atoms with van der Waals surface area (Å²) in [6.07, 6.45) is 4.02. The highest BCUT2D eigenvalue weighted by molar-refractivity contribution is 7.09. The number of rotatable bonds is 4. The van der Waals surface area contributed by atoms with Crippen molar-refractivity contribution in [2.24, 2.45) is 0 Å². The molecule has 0 aliphatic carbocycles. The highest BCUT2D eigenvalue weighted by atomic mass is 32.1. The smallest absolute Gasteiger partial charge is 0.107 e. The molecule has 2 rings (SSSR count). The molecule has 0 saturated carbocycles. The van der Waals surface area contributed by atoms with Crippen LogP contribution in [0, 0.1) is 0 Å². The molecule has 0 radical (unpaired) electrons. The van der Waals surface area contributed by atoms with E-state index in [2.05, 4.69) is 36.4 Å². The molecule has 1 saturated heterocycles. The zero-order valence-corrected chi connectivity index (χ0v) is 13.5. The monoisotopic (exact) mass is 281 g/mol. The standard InChI is InChI=1S/C15H27N3S/c1-15(2,3)13-11-19-14(17-13)10-18-8-6-5-7-12(18)9-16-4/h11-12,16H,5-10H2,1-4H3. The molecule has 4 heteroatoms. The van der Waals surface area contributed by atoms with Crippen molar-refractivity contribution in [1.82, 2.24) is 15.2 Å². The maximum Gasteiger partial charge on any atom is 0.107 e. The predicted octanol–water partition coefficient (Wildman–Crippen LogP) is 3.01. The van der Waals surface area contributed by atoms with E-state index in [0.717, 1.165) is 13.1 Å². The van der Waals surface area contributed by atoms with Crippen molar-refractivity contribution >= 4 is 11.3 Å². The van der Waals surface area contributed by atoms with E-state index in [4.69, 9.17) is 4.98 Å². The molecule has 0 amide bonds. The van der Waals surface area contributed by atoms with E-state index in [1.807, 2.05) is 18.4 Å². The lowest BCUT2D eigenvalue weighted by Crippen LogP contribution is -2.44. The molecule has 1 fully saturated rings. The minimum Gasteiger partial charge on any atom is -0.318 e. The topological polar surface area (TPSA) is 28.2 Å². The van der Waals surface area contributed by atoms with Crippen LogP contribution in [0.15, 0.2) is 5.38 Å². The summed E-state index contributed by atoms with van der Waals surface area (Å²) < 4.78 is 0. The van der Waals surface area contributed by atoms with E-state index < -0.39 is 0 Å². The van der Waals surface area contributed by atoms with Crippen LogP contribution in [0.5, 0.6) is 0 Å². The van der Waals surface area contributed by atoms with Crippen LogP contribution in [-0.4, -0.2) is 36.1 Å². The second-order valence-corrected chi connectivity index (χ2v) is 7.50. The van der Waals surface area contributed by atoms with E-state index in [0.29, 0.717) is 6.04 Å². The Morgan fingerprint density at radius 3 is 2.84 bits per heavy atom. The molecule has 0 spiro atoms. The summed E-state index contributed by atoms with van der Waals surface area (Å²) in [6, 6.07) is 0.681. The largest absolute Gasteiger partial charge is 0.318 e. The number of nitrogens with one attached hydrogen (secondary N) is 1. The summed E-state index contributed by atoms with van der Waals surface area (Å²) in [5.74, 6) is 0. The van der Waals surface area contributed by atoms with Gasteiger partial charge in [-0.15, -0.1) is 11.3 Å². The molecule has 1 aromatic heterocycles. The van der Waals surface area contributed by atoms with Crippen LogP contribution >= 0.6 is 11.3 Å². The highest BCUT2D eigenvalue weighted by Gasteiger charge is 2.24. The van der Waals surface area contributed by atoms with Crippen LogP contribution < -0.4 is 5.32 Å².